The first-order chi connectivity index (χ1) is 13.0. The maximum atomic E-state index is 11.3. The number of hydrogen-bond donors (Lipinski definition) is 2. The molecule has 0 atom stereocenters. The fourth-order valence-corrected chi connectivity index (χ4v) is 3.54. The number of aromatic hydroxyl groups is 1. The number of nitrogens with zero attached hydrogens (tertiary/aromatic N) is 2. The molecular formula is C20H23N3O3S. The molecule has 0 amide bonds. The summed E-state index contributed by atoms with van der Waals surface area (Å²) in [5, 5.41) is 9.67. The van der Waals surface area contributed by atoms with Crippen molar-refractivity contribution in [2.45, 2.75) is 26.3 Å². The summed E-state index contributed by atoms with van der Waals surface area (Å²) in [6.45, 7) is 5.55. The molecule has 0 unspecified atom stereocenters. The zero-order chi connectivity index (χ0) is 19.2. The minimum atomic E-state index is -0.245. The molecule has 6 nitrogen and oxygen atoms in total. The molecule has 0 fully saturated rings. The molecule has 0 aliphatic rings. The van der Waals surface area contributed by atoms with Crippen LogP contribution < -0.4 is 14.5 Å². The van der Waals surface area contributed by atoms with Gasteiger partial charge in [-0.05, 0) is 43.7 Å². The van der Waals surface area contributed by atoms with E-state index in [2.05, 4.69) is 28.7 Å². The number of aromatic nitrogens is 2. The standard InChI is InChI=1S/C20H23N3O3S/c1-14(2)23(18-5-3-4-10-21-18)11-12-26-16-8-6-15(7-9-16)13-17-19(24)22-20(25)27-17/h3-10,14,24H,11-13H2,1-2H3,(H,22,25). The lowest BCUT2D eigenvalue weighted by Gasteiger charge is -2.27. The highest BCUT2D eigenvalue weighted by Gasteiger charge is 2.11. The largest absolute Gasteiger partial charge is 0.494 e. The first-order valence-electron chi connectivity index (χ1n) is 8.83. The van der Waals surface area contributed by atoms with E-state index in [0.717, 1.165) is 35.0 Å². The molecule has 7 heteroatoms. The van der Waals surface area contributed by atoms with Gasteiger partial charge in [-0.15, -0.1) is 0 Å². The van der Waals surface area contributed by atoms with E-state index in [1.807, 2.05) is 42.5 Å². The molecule has 0 bridgehead atoms. The van der Waals surface area contributed by atoms with Gasteiger partial charge in [-0.1, -0.05) is 29.5 Å². The van der Waals surface area contributed by atoms with Crippen LogP contribution in [-0.4, -0.2) is 34.3 Å². The highest BCUT2D eigenvalue weighted by atomic mass is 32.1. The molecule has 0 aliphatic carbocycles. The maximum absolute atomic E-state index is 11.3. The minimum Gasteiger partial charge on any atom is -0.494 e. The fraction of sp³-hybridized carbons (Fsp3) is 0.300. The lowest BCUT2D eigenvalue weighted by Crippen LogP contribution is -2.35. The van der Waals surface area contributed by atoms with E-state index in [0.29, 0.717) is 23.9 Å². The average Bonchev–Trinajstić information content (AvgIpc) is 2.97. The van der Waals surface area contributed by atoms with Crippen LogP contribution in [0.3, 0.4) is 0 Å². The number of thiazole rings is 1. The number of ether oxygens (including phenoxy) is 1. The number of anilines is 1. The smallest absolute Gasteiger partial charge is 0.307 e. The van der Waals surface area contributed by atoms with Crippen LogP contribution in [0.15, 0.2) is 53.5 Å². The maximum Gasteiger partial charge on any atom is 0.307 e. The van der Waals surface area contributed by atoms with E-state index >= 15 is 0 Å². The molecule has 0 saturated carbocycles. The number of pyridine rings is 1. The molecule has 0 saturated heterocycles. The number of benzene rings is 1. The van der Waals surface area contributed by atoms with Gasteiger partial charge >= 0.3 is 4.87 Å². The van der Waals surface area contributed by atoms with Crippen LogP contribution in [0.1, 0.15) is 24.3 Å². The second-order valence-electron chi connectivity index (χ2n) is 6.43. The summed E-state index contributed by atoms with van der Waals surface area (Å²) in [7, 11) is 0. The second-order valence-corrected chi connectivity index (χ2v) is 7.50. The van der Waals surface area contributed by atoms with Crippen molar-refractivity contribution in [3.05, 3.63) is 68.8 Å². The van der Waals surface area contributed by atoms with Gasteiger partial charge in [-0.25, -0.2) is 4.98 Å². The molecular weight excluding hydrogens is 362 g/mol. The van der Waals surface area contributed by atoms with E-state index in [1.54, 1.807) is 6.20 Å². The Bertz CT molecular complexity index is 904. The van der Waals surface area contributed by atoms with Gasteiger partial charge in [0.05, 0.1) is 11.4 Å². The van der Waals surface area contributed by atoms with Crippen molar-refractivity contribution in [1.29, 1.82) is 0 Å². The Hall–Kier alpha value is -2.80. The van der Waals surface area contributed by atoms with Crippen LogP contribution in [0.2, 0.25) is 0 Å². The van der Waals surface area contributed by atoms with Crippen LogP contribution >= 0.6 is 11.3 Å². The Morgan fingerprint density at radius 3 is 2.59 bits per heavy atom. The number of rotatable bonds is 8. The molecule has 0 spiro atoms. The normalized spacial score (nSPS) is 10.9. The zero-order valence-electron chi connectivity index (χ0n) is 15.4. The van der Waals surface area contributed by atoms with Crippen molar-refractivity contribution in [3.8, 4) is 11.6 Å². The molecule has 27 heavy (non-hydrogen) atoms. The van der Waals surface area contributed by atoms with Gasteiger partial charge in [0, 0.05) is 18.7 Å². The molecule has 3 aromatic rings. The quantitative estimate of drug-likeness (QED) is 0.621. The van der Waals surface area contributed by atoms with E-state index < -0.39 is 0 Å². The number of nitrogens with one attached hydrogen (secondary N) is 1. The van der Waals surface area contributed by atoms with E-state index in [9.17, 15) is 9.90 Å². The van der Waals surface area contributed by atoms with Crippen molar-refractivity contribution in [1.82, 2.24) is 9.97 Å². The summed E-state index contributed by atoms with van der Waals surface area (Å²) in [4.78, 5) is 20.6. The number of hydrogen-bond acceptors (Lipinski definition) is 6. The van der Waals surface area contributed by atoms with Crippen LogP contribution in [0, 0.1) is 0 Å². The molecule has 0 radical (unpaired) electrons. The third kappa shape index (κ3) is 5.10. The first kappa shape index (κ1) is 19.0. The molecule has 2 heterocycles. The van der Waals surface area contributed by atoms with Gasteiger partial charge in [0.1, 0.15) is 18.2 Å². The molecule has 142 valence electrons. The summed E-state index contributed by atoms with van der Waals surface area (Å²) >= 11 is 1.03. The second kappa shape index (κ2) is 8.73. The summed E-state index contributed by atoms with van der Waals surface area (Å²) in [5.41, 5.74) is 1.00. The monoisotopic (exact) mass is 385 g/mol. The van der Waals surface area contributed by atoms with Crippen molar-refractivity contribution in [2.75, 3.05) is 18.1 Å². The predicted octanol–water partition coefficient (Wildman–Crippen LogP) is 3.42. The van der Waals surface area contributed by atoms with E-state index in [-0.39, 0.29) is 10.8 Å². The number of H-pyrrole nitrogens is 1. The van der Waals surface area contributed by atoms with Gasteiger partial charge < -0.3 is 14.7 Å². The molecule has 2 N–H and O–H groups in total. The molecule has 2 aromatic heterocycles. The average molecular weight is 385 g/mol. The summed E-state index contributed by atoms with van der Waals surface area (Å²) < 4.78 is 5.87. The SMILES string of the molecule is CC(C)N(CCOc1ccc(Cc2sc(=O)[nH]c2O)cc1)c1ccccn1. The van der Waals surface area contributed by atoms with Crippen molar-refractivity contribution >= 4 is 17.2 Å². The van der Waals surface area contributed by atoms with Gasteiger partial charge in [0.15, 0.2) is 0 Å². The third-order valence-electron chi connectivity index (χ3n) is 4.16. The fourth-order valence-electron chi connectivity index (χ4n) is 2.78. The van der Waals surface area contributed by atoms with Gasteiger partial charge in [-0.2, -0.15) is 0 Å². The van der Waals surface area contributed by atoms with Crippen LogP contribution in [0.4, 0.5) is 5.82 Å². The summed E-state index contributed by atoms with van der Waals surface area (Å²) in [5.74, 6) is 1.68. The third-order valence-corrected chi connectivity index (χ3v) is 5.03. The highest BCUT2D eigenvalue weighted by Crippen LogP contribution is 2.22. The van der Waals surface area contributed by atoms with Gasteiger partial charge in [0.25, 0.3) is 0 Å². The van der Waals surface area contributed by atoms with Crippen molar-refractivity contribution in [2.24, 2.45) is 0 Å². The topological polar surface area (TPSA) is 78.5 Å². The van der Waals surface area contributed by atoms with Crippen LogP contribution in [0.25, 0.3) is 0 Å². The first-order valence-corrected chi connectivity index (χ1v) is 9.65. The highest BCUT2D eigenvalue weighted by molar-refractivity contribution is 7.09. The molecule has 1 aromatic carbocycles. The Morgan fingerprint density at radius 2 is 2.00 bits per heavy atom. The van der Waals surface area contributed by atoms with Crippen molar-refractivity contribution < 1.29 is 9.84 Å². The minimum absolute atomic E-state index is 0.0476. The Kier molecular flexibility index (Phi) is 6.13. The van der Waals surface area contributed by atoms with E-state index in [1.165, 1.54) is 0 Å². The Labute approximate surface area is 162 Å². The van der Waals surface area contributed by atoms with Crippen LogP contribution in [-0.2, 0) is 6.42 Å². The predicted molar refractivity (Wildman–Crippen MR) is 108 cm³/mol. The summed E-state index contributed by atoms with van der Waals surface area (Å²) in [6, 6.07) is 13.9. The Morgan fingerprint density at radius 1 is 1.22 bits per heavy atom. The number of aromatic amines is 1. The lowest BCUT2D eigenvalue weighted by atomic mass is 10.1. The molecule has 3 rings (SSSR count). The lowest BCUT2D eigenvalue weighted by molar-refractivity contribution is 0.320. The summed E-state index contributed by atoms with van der Waals surface area (Å²) in [6.07, 6.45) is 2.31. The van der Waals surface area contributed by atoms with Crippen molar-refractivity contribution in [3.63, 3.8) is 0 Å². The van der Waals surface area contributed by atoms with Gasteiger partial charge in [-0.3, -0.25) is 9.78 Å². The zero-order valence-corrected chi connectivity index (χ0v) is 16.2. The van der Waals surface area contributed by atoms with Gasteiger partial charge in [0.2, 0.25) is 5.88 Å². The molecule has 0 aliphatic heterocycles. The van der Waals surface area contributed by atoms with E-state index in [4.69, 9.17) is 4.74 Å². The Balaban J connectivity index is 1.55. The van der Waals surface area contributed by atoms with Crippen LogP contribution in [0.5, 0.6) is 11.6 Å².